The minimum atomic E-state index is -0.337. The number of hydrogen-bond acceptors (Lipinski definition) is 5. The van der Waals surface area contributed by atoms with Gasteiger partial charge in [-0.1, -0.05) is 117 Å². The largest absolute Gasteiger partial charge is 0.512 e. The molecule has 0 saturated carbocycles. The Morgan fingerprint density at radius 2 is 1.52 bits per heavy atom. The third-order valence-electron chi connectivity index (χ3n) is 12.2. The van der Waals surface area contributed by atoms with Crippen molar-refractivity contribution < 1.29 is 30.0 Å². The number of aliphatic hydroxyl groups excluding tert-OH is 1. The Labute approximate surface area is 358 Å². The molecule has 3 nitrogen and oxygen atoms in total. The summed E-state index contributed by atoms with van der Waals surface area (Å²) < 4.78 is 2.65. The van der Waals surface area contributed by atoms with Crippen molar-refractivity contribution in [1.82, 2.24) is 4.98 Å². The van der Waals surface area contributed by atoms with Crippen LogP contribution in [0.25, 0.3) is 53.5 Å². The van der Waals surface area contributed by atoms with Crippen LogP contribution in [0.3, 0.4) is 0 Å². The van der Waals surface area contributed by atoms with Crippen molar-refractivity contribution in [3.8, 4) is 22.4 Å². The average Bonchev–Trinajstić information content (AvgIpc) is 3.70. The van der Waals surface area contributed by atoms with Crippen LogP contribution in [-0.2, 0) is 36.7 Å². The molecule has 0 bridgehead atoms. The van der Waals surface area contributed by atoms with E-state index in [-0.39, 0.29) is 47.9 Å². The zero-order valence-corrected chi connectivity index (χ0v) is 39.9. The van der Waals surface area contributed by atoms with Gasteiger partial charge in [-0.25, -0.2) is 0 Å². The number of nitrogens with zero attached hydrogens (tertiary/aromatic N) is 1. The molecule has 1 N–H and O–H groups in total. The quantitative estimate of drug-likeness (QED) is 0.0800. The zero-order valence-electron chi connectivity index (χ0n) is 35.9. The molecule has 0 fully saturated rings. The van der Waals surface area contributed by atoms with Crippen LogP contribution in [0.4, 0.5) is 0 Å². The van der Waals surface area contributed by atoms with Crippen molar-refractivity contribution >= 4 is 59.5 Å². The maximum Gasteiger partial charge on any atom is 0.164 e. The summed E-state index contributed by atoms with van der Waals surface area (Å²) in [5.41, 5.74) is 9.21. The van der Waals surface area contributed by atoms with E-state index >= 15 is 0 Å². The van der Waals surface area contributed by atoms with Gasteiger partial charge in [0.25, 0.3) is 0 Å². The Morgan fingerprint density at radius 1 is 0.875 bits per heavy atom. The fourth-order valence-electron chi connectivity index (χ4n) is 7.16. The predicted octanol–water partition coefficient (Wildman–Crippen LogP) is 15.6. The fraction of sp³-hybridized carbons (Fsp3) is 0.440. The number of rotatable bonds is 11. The molecule has 0 aliphatic heterocycles. The number of carbonyl (C=O) groups is 1. The summed E-state index contributed by atoms with van der Waals surface area (Å²) in [5, 5.41) is 16.3. The van der Waals surface area contributed by atoms with Crippen LogP contribution >= 0.6 is 22.7 Å². The van der Waals surface area contributed by atoms with Gasteiger partial charge in [-0.05, 0) is 102 Å². The molecule has 0 saturated heterocycles. The van der Waals surface area contributed by atoms with Gasteiger partial charge >= 0.3 is 0 Å². The summed E-state index contributed by atoms with van der Waals surface area (Å²) in [6.07, 6.45) is 5.86. The van der Waals surface area contributed by atoms with Crippen molar-refractivity contribution in [2.45, 2.75) is 128 Å². The van der Waals surface area contributed by atoms with Gasteiger partial charge in [0, 0.05) is 52.3 Å². The molecule has 0 atom stereocenters. The molecule has 0 spiro atoms. The standard InChI is InChI=1S/C35H34NS2.C15H28O2.Ir/c1-20(2)14-26-19-37-32-13-12-24(16-28(26)32)29-18-31(36-33-21(3)22(4)38-34(29)33)25-15-23-10-8-9-11-27(23)30(17-25)35(5,6)7;1-7-14(5,8-2)12(16)11-13(17)15(6,9-3)10-4;/h8-13,16-20H,14H2,1-7H3;11,16H,7-10H2,1-6H3;/q-1;;/b;12-11-;. The van der Waals surface area contributed by atoms with E-state index < -0.39 is 0 Å². The summed E-state index contributed by atoms with van der Waals surface area (Å²) >= 11 is 3.73. The van der Waals surface area contributed by atoms with Gasteiger partial charge in [-0.15, -0.1) is 51.8 Å². The number of pyridine rings is 1. The average molecular weight is 965 g/mol. The molecule has 1 radical (unpaired) electrons. The first-order chi connectivity index (χ1) is 25.9. The van der Waals surface area contributed by atoms with E-state index in [1.54, 1.807) is 0 Å². The van der Waals surface area contributed by atoms with E-state index in [1.165, 1.54) is 58.9 Å². The van der Waals surface area contributed by atoms with Gasteiger partial charge in [0.15, 0.2) is 5.78 Å². The molecular formula is C50H62IrNO2S2-. The second-order valence-electron chi connectivity index (χ2n) is 17.4. The number of thiophene rings is 2. The number of benzene rings is 3. The summed E-state index contributed by atoms with van der Waals surface area (Å²) in [6.45, 7) is 28.0. The summed E-state index contributed by atoms with van der Waals surface area (Å²) in [7, 11) is 0. The van der Waals surface area contributed by atoms with Crippen molar-refractivity contribution in [2.75, 3.05) is 0 Å². The third-order valence-corrected chi connectivity index (χ3v) is 14.4. The van der Waals surface area contributed by atoms with Crippen molar-refractivity contribution in [2.24, 2.45) is 16.7 Å². The van der Waals surface area contributed by atoms with Crippen LogP contribution < -0.4 is 0 Å². The second-order valence-corrected chi connectivity index (χ2v) is 19.5. The van der Waals surface area contributed by atoms with Crippen molar-refractivity contribution in [1.29, 1.82) is 0 Å². The van der Waals surface area contributed by atoms with Crippen LogP contribution in [-0.4, -0.2) is 15.9 Å². The van der Waals surface area contributed by atoms with Gasteiger partial charge in [-0.2, -0.15) is 0 Å². The predicted molar refractivity (Wildman–Crippen MR) is 242 cm³/mol. The molecule has 6 aromatic rings. The third kappa shape index (κ3) is 9.41. The number of fused-ring (bicyclic) bond motifs is 3. The number of aliphatic hydroxyl groups is 1. The van der Waals surface area contributed by atoms with Gasteiger partial charge < -0.3 is 5.11 Å². The van der Waals surface area contributed by atoms with Crippen LogP contribution in [0.5, 0.6) is 0 Å². The molecule has 0 unspecified atom stereocenters. The molecule has 3 aromatic carbocycles. The number of allylic oxidation sites excluding steroid dienone is 2. The number of carbonyl (C=O) groups excluding carboxylic acids is 1. The number of aryl methyl sites for hydroxylation is 2. The molecular weight excluding hydrogens is 903 g/mol. The van der Waals surface area contributed by atoms with E-state index in [4.69, 9.17) is 4.98 Å². The molecule has 6 heteroatoms. The smallest absolute Gasteiger partial charge is 0.164 e. The van der Waals surface area contributed by atoms with E-state index in [9.17, 15) is 9.90 Å². The number of hydrogen-bond donors (Lipinski definition) is 1. The van der Waals surface area contributed by atoms with E-state index in [1.807, 2.05) is 64.2 Å². The Kier molecular flexibility index (Phi) is 14.8. The molecule has 6 rings (SSSR count). The number of aromatic nitrogens is 1. The Balaban J connectivity index is 0.000000330. The first kappa shape index (κ1) is 45.6. The normalized spacial score (nSPS) is 12.6. The maximum absolute atomic E-state index is 12.2. The minimum absolute atomic E-state index is 0. The Morgan fingerprint density at radius 3 is 2.12 bits per heavy atom. The Hall–Kier alpha value is -3.15. The molecule has 301 valence electrons. The Bertz CT molecular complexity index is 2340. The molecule has 0 amide bonds. The molecule has 0 aliphatic rings. The van der Waals surface area contributed by atoms with Gasteiger partial charge in [0.1, 0.15) is 5.76 Å². The molecule has 0 aliphatic carbocycles. The fourth-order valence-corrected chi connectivity index (χ4v) is 9.25. The SMILES string of the molecule is CCC(C)(CC)C(=O)/C=C(\O)C(C)(CC)CC.Cc1sc2c(-c3ccc4scc(CC(C)C)c4c3)cc(-c3[c-]c4ccccc4c(C(C)(C)C)c3)nc2c1C.[Ir]. The van der Waals surface area contributed by atoms with Gasteiger partial charge in [0.2, 0.25) is 0 Å². The summed E-state index contributed by atoms with van der Waals surface area (Å²) in [4.78, 5) is 18.8. The topological polar surface area (TPSA) is 50.2 Å². The maximum atomic E-state index is 12.2. The van der Waals surface area contributed by atoms with Crippen molar-refractivity contribution in [3.63, 3.8) is 0 Å². The summed E-state index contributed by atoms with van der Waals surface area (Å²) in [5.74, 6) is 0.924. The van der Waals surface area contributed by atoms with E-state index in [0.717, 1.165) is 54.3 Å². The number of ketones is 1. The van der Waals surface area contributed by atoms with Gasteiger partial charge in [-0.3, -0.25) is 9.78 Å². The van der Waals surface area contributed by atoms with Crippen LogP contribution in [0.15, 0.2) is 71.8 Å². The summed E-state index contributed by atoms with van der Waals surface area (Å²) in [6, 6.07) is 24.0. The molecule has 3 aromatic heterocycles. The molecule has 56 heavy (non-hydrogen) atoms. The monoisotopic (exact) mass is 965 g/mol. The first-order valence-electron chi connectivity index (χ1n) is 20.2. The van der Waals surface area contributed by atoms with Gasteiger partial charge in [0.05, 0.1) is 10.2 Å². The van der Waals surface area contributed by atoms with Crippen molar-refractivity contribution in [3.05, 3.63) is 99.4 Å². The zero-order chi connectivity index (χ0) is 40.5. The second kappa shape index (κ2) is 18.2. The minimum Gasteiger partial charge on any atom is -0.512 e. The first-order valence-corrected chi connectivity index (χ1v) is 21.9. The van der Waals surface area contributed by atoms with Crippen LogP contribution in [0.1, 0.15) is 123 Å². The van der Waals surface area contributed by atoms with E-state index in [0.29, 0.717) is 5.92 Å². The van der Waals surface area contributed by atoms with Crippen LogP contribution in [0.2, 0.25) is 0 Å². The van der Waals surface area contributed by atoms with E-state index in [2.05, 4.69) is 115 Å². The van der Waals surface area contributed by atoms with Crippen LogP contribution in [0, 0.1) is 36.7 Å². The molecule has 3 heterocycles.